The molecule has 0 unspecified atom stereocenters. The maximum Gasteiger partial charge on any atom is 0.259 e. The minimum absolute atomic E-state index is 0.219. The SMILES string of the molecule is CO[C@H](C(=O)Nc1ccn([C@@H]2CCNC2)n1)c1ccccc1. The minimum atomic E-state index is -0.639. The van der Waals surface area contributed by atoms with E-state index >= 15 is 0 Å². The Hall–Kier alpha value is -2.18. The summed E-state index contributed by atoms with van der Waals surface area (Å²) in [5, 5.41) is 10.6. The molecule has 2 heterocycles. The monoisotopic (exact) mass is 300 g/mol. The van der Waals surface area contributed by atoms with E-state index in [-0.39, 0.29) is 5.91 Å². The van der Waals surface area contributed by atoms with Crippen LogP contribution in [0.2, 0.25) is 0 Å². The second-order valence-electron chi connectivity index (χ2n) is 5.34. The van der Waals surface area contributed by atoms with Crippen molar-refractivity contribution in [2.24, 2.45) is 0 Å². The van der Waals surface area contributed by atoms with Gasteiger partial charge in [0.2, 0.25) is 0 Å². The molecule has 6 nitrogen and oxygen atoms in total. The first-order valence-electron chi connectivity index (χ1n) is 7.42. The van der Waals surface area contributed by atoms with E-state index in [1.807, 2.05) is 47.3 Å². The highest BCUT2D eigenvalue weighted by Gasteiger charge is 2.22. The number of nitrogens with zero attached hydrogens (tertiary/aromatic N) is 2. The molecule has 0 bridgehead atoms. The number of carbonyl (C=O) groups is 1. The van der Waals surface area contributed by atoms with Crippen molar-refractivity contribution in [3.63, 3.8) is 0 Å². The van der Waals surface area contributed by atoms with Crippen molar-refractivity contribution in [1.29, 1.82) is 0 Å². The fourth-order valence-corrected chi connectivity index (χ4v) is 2.69. The maximum atomic E-state index is 12.4. The maximum absolute atomic E-state index is 12.4. The van der Waals surface area contributed by atoms with Gasteiger partial charge in [0.1, 0.15) is 0 Å². The zero-order chi connectivity index (χ0) is 15.4. The zero-order valence-electron chi connectivity index (χ0n) is 12.5. The molecule has 6 heteroatoms. The van der Waals surface area contributed by atoms with Crippen molar-refractivity contribution in [3.05, 3.63) is 48.2 Å². The third-order valence-electron chi connectivity index (χ3n) is 3.84. The van der Waals surface area contributed by atoms with Gasteiger partial charge in [-0.25, -0.2) is 0 Å². The van der Waals surface area contributed by atoms with E-state index in [0.29, 0.717) is 11.9 Å². The Morgan fingerprint density at radius 1 is 1.41 bits per heavy atom. The first kappa shape index (κ1) is 14.7. The Morgan fingerprint density at radius 2 is 2.23 bits per heavy atom. The molecule has 2 aromatic rings. The minimum Gasteiger partial charge on any atom is -0.367 e. The molecule has 1 amide bonds. The average Bonchev–Trinajstić information content (AvgIpc) is 3.20. The number of amides is 1. The van der Waals surface area contributed by atoms with E-state index in [1.165, 1.54) is 7.11 Å². The van der Waals surface area contributed by atoms with Crippen LogP contribution < -0.4 is 10.6 Å². The van der Waals surface area contributed by atoms with Gasteiger partial charge >= 0.3 is 0 Å². The van der Waals surface area contributed by atoms with Crippen LogP contribution >= 0.6 is 0 Å². The lowest BCUT2D eigenvalue weighted by atomic mass is 10.1. The summed E-state index contributed by atoms with van der Waals surface area (Å²) < 4.78 is 7.22. The van der Waals surface area contributed by atoms with Gasteiger partial charge in [0, 0.05) is 25.9 Å². The number of benzene rings is 1. The smallest absolute Gasteiger partial charge is 0.259 e. The highest BCUT2D eigenvalue weighted by atomic mass is 16.5. The molecule has 116 valence electrons. The topological polar surface area (TPSA) is 68.2 Å². The van der Waals surface area contributed by atoms with Gasteiger partial charge in [0.25, 0.3) is 5.91 Å². The van der Waals surface area contributed by atoms with Crippen molar-refractivity contribution in [3.8, 4) is 0 Å². The van der Waals surface area contributed by atoms with Gasteiger partial charge < -0.3 is 15.4 Å². The van der Waals surface area contributed by atoms with E-state index in [1.54, 1.807) is 0 Å². The van der Waals surface area contributed by atoms with Crippen LogP contribution in [0.3, 0.4) is 0 Å². The van der Waals surface area contributed by atoms with Gasteiger partial charge in [-0.2, -0.15) is 5.10 Å². The lowest BCUT2D eigenvalue weighted by molar-refractivity contribution is -0.126. The molecule has 1 saturated heterocycles. The summed E-state index contributed by atoms with van der Waals surface area (Å²) in [5.74, 6) is 0.332. The van der Waals surface area contributed by atoms with E-state index in [4.69, 9.17) is 4.74 Å². The quantitative estimate of drug-likeness (QED) is 0.882. The zero-order valence-corrected chi connectivity index (χ0v) is 12.5. The van der Waals surface area contributed by atoms with Gasteiger partial charge in [-0.3, -0.25) is 9.48 Å². The Morgan fingerprint density at radius 3 is 2.91 bits per heavy atom. The number of nitrogens with one attached hydrogen (secondary N) is 2. The van der Waals surface area contributed by atoms with Crippen molar-refractivity contribution in [2.75, 3.05) is 25.5 Å². The Labute approximate surface area is 129 Å². The van der Waals surface area contributed by atoms with Gasteiger partial charge in [-0.1, -0.05) is 30.3 Å². The Bertz CT molecular complexity index is 620. The van der Waals surface area contributed by atoms with Crippen LogP contribution in [0.15, 0.2) is 42.6 Å². The molecular weight excluding hydrogens is 280 g/mol. The molecular formula is C16H20N4O2. The Kier molecular flexibility index (Phi) is 4.50. The molecule has 1 aromatic carbocycles. The number of ether oxygens (including phenoxy) is 1. The fraction of sp³-hybridized carbons (Fsp3) is 0.375. The highest BCUT2D eigenvalue weighted by molar-refractivity contribution is 5.94. The highest BCUT2D eigenvalue weighted by Crippen LogP contribution is 2.20. The number of anilines is 1. The van der Waals surface area contributed by atoms with E-state index in [2.05, 4.69) is 15.7 Å². The van der Waals surface area contributed by atoms with Gasteiger partial charge in [0.15, 0.2) is 11.9 Å². The molecule has 1 aromatic heterocycles. The van der Waals surface area contributed by atoms with E-state index < -0.39 is 6.10 Å². The molecule has 3 rings (SSSR count). The normalized spacial score (nSPS) is 19.0. The molecule has 2 N–H and O–H groups in total. The lowest BCUT2D eigenvalue weighted by Crippen LogP contribution is -2.23. The van der Waals surface area contributed by atoms with Crippen LogP contribution in [-0.2, 0) is 9.53 Å². The number of methoxy groups -OCH3 is 1. The molecule has 1 aliphatic rings. The summed E-state index contributed by atoms with van der Waals surface area (Å²) in [6.45, 7) is 1.92. The van der Waals surface area contributed by atoms with Crippen molar-refractivity contribution in [1.82, 2.24) is 15.1 Å². The van der Waals surface area contributed by atoms with Crippen molar-refractivity contribution < 1.29 is 9.53 Å². The lowest BCUT2D eigenvalue weighted by Gasteiger charge is -2.14. The third-order valence-corrected chi connectivity index (χ3v) is 3.84. The standard InChI is InChI=1S/C16H20N4O2/c1-22-15(12-5-3-2-4-6-12)16(21)18-14-8-10-20(19-14)13-7-9-17-11-13/h2-6,8,10,13,15,17H,7,9,11H2,1H3,(H,18,19,21)/t13-,15+/m1/s1. The molecule has 0 spiro atoms. The largest absolute Gasteiger partial charge is 0.367 e. The predicted molar refractivity (Wildman–Crippen MR) is 83.6 cm³/mol. The van der Waals surface area contributed by atoms with E-state index in [0.717, 1.165) is 25.1 Å². The van der Waals surface area contributed by atoms with Crippen molar-refractivity contribution >= 4 is 11.7 Å². The molecule has 2 atom stereocenters. The second kappa shape index (κ2) is 6.72. The van der Waals surface area contributed by atoms with Crippen LogP contribution in [0.1, 0.15) is 24.1 Å². The summed E-state index contributed by atoms with van der Waals surface area (Å²) in [6, 6.07) is 11.6. The van der Waals surface area contributed by atoms with Gasteiger partial charge in [0.05, 0.1) is 6.04 Å². The van der Waals surface area contributed by atoms with Gasteiger partial charge in [-0.05, 0) is 18.5 Å². The van der Waals surface area contributed by atoms with Crippen LogP contribution in [0.5, 0.6) is 0 Å². The first-order chi connectivity index (χ1) is 10.8. The molecule has 0 aliphatic carbocycles. The molecule has 22 heavy (non-hydrogen) atoms. The van der Waals surface area contributed by atoms with E-state index in [9.17, 15) is 4.79 Å². The molecule has 1 fully saturated rings. The Balaban J connectivity index is 1.68. The van der Waals surface area contributed by atoms with Crippen LogP contribution in [0, 0.1) is 0 Å². The number of rotatable bonds is 5. The molecule has 1 aliphatic heterocycles. The fourth-order valence-electron chi connectivity index (χ4n) is 2.69. The first-order valence-corrected chi connectivity index (χ1v) is 7.42. The van der Waals surface area contributed by atoms with Crippen LogP contribution in [0.25, 0.3) is 0 Å². The summed E-state index contributed by atoms with van der Waals surface area (Å²) in [4.78, 5) is 12.4. The summed E-state index contributed by atoms with van der Waals surface area (Å²) >= 11 is 0. The summed E-state index contributed by atoms with van der Waals surface area (Å²) in [7, 11) is 1.53. The van der Waals surface area contributed by atoms with Gasteiger partial charge in [-0.15, -0.1) is 0 Å². The number of carbonyl (C=O) groups excluding carboxylic acids is 1. The van der Waals surface area contributed by atoms with Crippen molar-refractivity contribution in [2.45, 2.75) is 18.6 Å². The summed E-state index contributed by atoms with van der Waals surface area (Å²) in [6.07, 6.45) is 2.32. The van der Waals surface area contributed by atoms with Crippen LogP contribution in [0.4, 0.5) is 5.82 Å². The average molecular weight is 300 g/mol. The summed E-state index contributed by atoms with van der Waals surface area (Å²) in [5.41, 5.74) is 0.821. The molecule has 0 saturated carbocycles. The third kappa shape index (κ3) is 3.18. The number of aromatic nitrogens is 2. The number of hydrogen-bond donors (Lipinski definition) is 2. The molecule has 0 radical (unpaired) electrons. The predicted octanol–water partition coefficient (Wildman–Crippen LogP) is 1.74. The second-order valence-corrected chi connectivity index (χ2v) is 5.34. The number of hydrogen-bond acceptors (Lipinski definition) is 4. The van der Waals surface area contributed by atoms with Crippen LogP contribution in [-0.4, -0.2) is 35.9 Å².